The lowest BCUT2D eigenvalue weighted by Gasteiger charge is -2.24. The molecule has 6 nitrogen and oxygen atoms in total. The Morgan fingerprint density at radius 3 is 2.23 bits per heavy atom. The van der Waals surface area contributed by atoms with E-state index in [1.54, 1.807) is 31.2 Å². The van der Waals surface area contributed by atoms with Crippen LogP contribution in [-0.2, 0) is 14.6 Å². The zero-order valence-corrected chi connectivity index (χ0v) is 18.4. The number of anilines is 1. The average molecular weight is 450 g/mol. The first-order valence-corrected chi connectivity index (χ1v) is 11.4. The number of benzene rings is 2. The molecule has 8 heteroatoms. The molecule has 2 aromatic rings. The molecule has 0 aromatic heterocycles. The van der Waals surface area contributed by atoms with E-state index in [-0.39, 0.29) is 5.56 Å². The van der Waals surface area contributed by atoms with Crippen molar-refractivity contribution in [3.8, 4) is 5.75 Å². The topological polar surface area (TPSA) is 80.8 Å². The lowest BCUT2D eigenvalue weighted by molar-refractivity contribution is -0.118. The molecular formula is C22H24ClNO5S. The zero-order valence-electron chi connectivity index (χ0n) is 16.9. The molecule has 0 N–H and O–H groups in total. The van der Waals surface area contributed by atoms with E-state index in [4.69, 9.17) is 16.3 Å². The molecule has 30 heavy (non-hydrogen) atoms. The van der Waals surface area contributed by atoms with Crippen LogP contribution in [0.15, 0.2) is 61.2 Å². The van der Waals surface area contributed by atoms with Crippen molar-refractivity contribution in [2.24, 2.45) is 0 Å². The van der Waals surface area contributed by atoms with Crippen LogP contribution in [0, 0.1) is 0 Å². The summed E-state index contributed by atoms with van der Waals surface area (Å²) in [5.74, 6) is -0.888. The molecule has 1 unspecified atom stereocenters. The van der Waals surface area contributed by atoms with Crippen molar-refractivity contribution in [1.29, 1.82) is 0 Å². The largest absolute Gasteiger partial charge is 0.497 e. The first kappa shape index (κ1) is 23.6. The van der Waals surface area contributed by atoms with Crippen LogP contribution in [0.3, 0.4) is 0 Å². The zero-order chi connectivity index (χ0) is 22.3. The van der Waals surface area contributed by atoms with Crippen molar-refractivity contribution in [1.82, 2.24) is 0 Å². The molecule has 0 heterocycles. The molecular weight excluding hydrogens is 426 g/mol. The maximum Gasteiger partial charge on any atom is 0.228 e. The number of carbonyl (C=O) groups excluding carboxylic acids is 2. The lowest BCUT2D eigenvalue weighted by atomic mass is 10.1. The molecule has 0 aliphatic carbocycles. The highest BCUT2D eigenvalue weighted by Gasteiger charge is 2.35. The summed E-state index contributed by atoms with van der Waals surface area (Å²) in [6, 6.07) is 12.7. The highest BCUT2D eigenvalue weighted by atomic mass is 35.5. The molecule has 1 amide bonds. The molecule has 0 spiro atoms. The SMILES string of the molecule is C=CCS(=O)(=O)C(CC(=O)N(CC)c1ccc(OC)cc1)C(=O)c1ccc(Cl)cc1. The van der Waals surface area contributed by atoms with Crippen molar-refractivity contribution < 1.29 is 22.7 Å². The van der Waals surface area contributed by atoms with Crippen LogP contribution in [0.4, 0.5) is 5.69 Å². The number of sulfone groups is 1. The van der Waals surface area contributed by atoms with Gasteiger partial charge in [0.15, 0.2) is 15.6 Å². The quantitative estimate of drug-likeness (QED) is 0.405. The standard InChI is InChI=1S/C22H24ClNO5S/c1-4-14-30(27,28)20(22(26)16-6-8-17(23)9-7-16)15-21(25)24(5-2)18-10-12-19(29-3)13-11-18/h4,6-13,20H,1,5,14-15H2,2-3H3. The number of halogens is 1. The molecule has 0 aliphatic rings. The number of hydrogen-bond donors (Lipinski definition) is 0. The van der Waals surface area contributed by atoms with Gasteiger partial charge in [-0.2, -0.15) is 0 Å². The molecule has 160 valence electrons. The van der Waals surface area contributed by atoms with E-state index < -0.39 is 39.0 Å². The van der Waals surface area contributed by atoms with Gasteiger partial charge < -0.3 is 9.64 Å². The Balaban J connectivity index is 2.35. The molecule has 0 aliphatic heterocycles. The van der Waals surface area contributed by atoms with E-state index in [0.29, 0.717) is 23.0 Å². The summed E-state index contributed by atoms with van der Waals surface area (Å²) in [6.45, 7) is 5.54. The molecule has 1 atom stereocenters. The number of methoxy groups -OCH3 is 1. The predicted molar refractivity (Wildman–Crippen MR) is 119 cm³/mol. The van der Waals surface area contributed by atoms with Gasteiger partial charge in [0.2, 0.25) is 5.91 Å². The van der Waals surface area contributed by atoms with Crippen LogP contribution in [0.2, 0.25) is 5.02 Å². The van der Waals surface area contributed by atoms with Gasteiger partial charge in [-0.1, -0.05) is 17.7 Å². The molecule has 0 radical (unpaired) electrons. The number of rotatable bonds is 10. The first-order valence-electron chi connectivity index (χ1n) is 9.30. The van der Waals surface area contributed by atoms with E-state index in [1.807, 2.05) is 0 Å². The number of ether oxygens (including phenoxy) is 1. The smallest absolute Gasteiger partial charge is 0.228 e. The third kappa shape index (κ3) is 5.70. The van der Waals surface area contributed by atoms with E-state index in [2.05, 4.69) is 6.58 Å². The molecule has 0 saturated carbocycles. The lowest BCUT2D eigenvalue weighted by Crippen LogP contribution is -2.40. The average Bonchev–Trinajstić information content (AvgIpc) is 2.73. The van der Waals surface area contributed by atoms with Crippen molar-refractivity contribution >= 4 is 38.8 Å². The summed E-state index contributed by atoms with van der Waals surface area (Å²) < 4.78 is 30.7. The number of hydrogen-bond acceptors (Lipinski definition) is 5. The Kier molecular flexibility index (Phi) is 8.20. The molecule has 0 fully saturated rings. The summed E-state index contributed by atoms with van der Waals surface area (Å²) in [4.78, 5) is 27.4. The Bertz CT molecular complexity index is 1000. The van der Waals surface area contributed by atoms with E-state index in [1.165, 1.54) is 42.4 Å². The third-order valence-corrected chi connectivity index (χ3v) is 6.77. The van der Waals surface area contributed by atoms with Gasteiger partial charge in [0.25, 0.3) is 0 Å². The van der Waals surface area contributed by atoms with E-state index in [9.17, 15) is 18.0 Å². The fraction of sp³-hybridized carbons (Fsp3) is 0.273. The summed E-state index contributed by atoms with van der Waals surface area (Å²) in [7, 11) is -2.39. The summed E-state index contributed by atoms with van der Waals surface area (Å²) in [5, 5.41) is -1.10. The molecule has 2 aromatic carbocycles. The van der Waals surface area contributed by atoms with Gasteiger partial charge in [-0.05, 0) is 55.5 Å². The molecule has 0 bridgehead atoms. The number of carbonyl (C=O) groups is 2. The fourth-order valence-corrected chi connectivity index (χ4v) is 4.54. The van der Waals surface area contributed by atoms with Crippen LogP contribution in [0.1, 0.15) is 23.7 Å². The summed E-state index contributed by atoms with van der Waals surface area (Å²) in [6.07, 6.45) is 0.737. The maximum atomic E-state index is 13.0. The van der Waals surface area contributed by atoms with Gasteiger partial charge in [-0.3, -0.25) is 9.59 Å². The van der Waals surface area contributed by atoms with Gasteiger partial charge in [0, 0.05) is 22.8 Å². The van der Waals surface area contributed by atoms with Crippen molar-refractivity contribution in [2.45, 2.75) is 18.6 Å². The Hall–Kier alpha value is -2.64. The Labute approximate surface area is 182 Å². The summed E-state index contributed by atoms with van der Waals surface area (Å²) >= 11 is 5.86. The van der Waals surface area contributed by atoms with Crippen molar-refractivity contribution in [3.05, 3.63) is 71.8 Å². The maximum absolute atomic E-state index is 13.0. The monoisotopic (exact) mass is 449 g/mol. The van der Waals surface area contributed by atoms with Gasteiger partial charge in [-0.15, -0.1) is 6.58 Å². The second kappa shape index (κ2) is 10.4. The van der Waals surface area contributed by atoms with Gasteiger partial charge in [-0.25, -0.2) is 8.42 Å². The van der Waals surface area contributed by atoms with Crippen LogP contribution in [0.25, 0.3) is 0 Å². The number of Topliss-reactive ketones (excluding diaryl/α,β-unsaturated/α-hetero) is 1. The van der Waals surface area contributed by atoms with E-state index >= 15 is 0 Å². The molecule has 2 rings (SSSR count). The molecule has 0 saturated heterocycles. The van der Waals surface area contributed by atoms with Crippen molar-refractivity contribution in [3.63, 3.8) is 0 Å². The second-order valence-corrected chi connectivity index (χ2v) is 9.18. The normalized spacial score (nSPS) is 12.1. The van der Waals surface area contributed by atoms with Gasteiger partial charge >= 0.3 is 0 Å². The fourth-order valence-electron chi connectivity index (χ4n) is 3.00. The van der Waals surface area contributed by atoms with Crippen LogP contribution >= 0.6 is 11.6 Å². The van der Waals surface area contributed by atoms with Crippen molar-refractivity contribution in [2.75, 3.05) is 24.3 Å². The second-order valence-electron chi connectivity index (χ2n) is 6.52. The minimum absolute atomic E-state index is 0.178. The Morgan fingerprint density at radius 2 is 1.73 bits per heavy atom. The summed E-state index contributed by atoms with van der Waals surface area (Å²) in [5.41, 5.74) is 0.763. The number of ketones is 1. The third-order valence-electron chi connectivity index (χ3n) is 4.57. The predicted octanol–water partition coefficient (Wildman–Crippen LogP) is 3.94. The van der Waals surface area contributed by atoms with Gasteiger partial charge in [0.1, 0.15) is 11.0 Å². The van der Waals surface area contributed by atoms with E-state index in [0.717, 1.165) is 0 Å². The minimum Gasteiger partial charge on any atom is -0.497 e. The first-order chi connectivity index (χ1) is 14.2. The minimum atomic E-state index is -3.93. The van der Waals surface area contributed by atoms with Crippen LogP contribution < -0.4 is 9.64 Å². The number of nitrogens with zero attached hydrogens (tertiary/aromatic N) is 1. The van der Waals surface area contributed by atoms with Crippen LogP contribution in [0.5, 0.6) is 5.75 Å². The Morgan fingerprint density at radius 1 is 1.13 bits per heavy atom. The highest BCUT2D eigenvalue weighted by Crippen LogP contribution is 2.23. The van der Waals surface area contributed by atoms with Crippen LogP contribution in [-0.4, -0.2) is 44.8 Å². The highest BCUT2D eigenvalue weighted by molar-refractivity contribution is 7.93. The van der Waals surface area contributed by atoms with Gasteiger partial charge in [0.05, 0.1) is 19.3 Å². The number of amides is 1.